The van der Waals surface area contributed by atoms with E-state index in [1.165, 1.54) is 0 Å². The van der Waals surface area contributed by atoms with Gasteiger partial charge in [-0.3, -0.25) is 14.3 Å². The van der Waals surface area contributed by atoms with E-state index in [1.807, 2.05) is 25.1 Å². The van der Waals surface area contributed by atoms with Crippen molar-refractivity contribution in [3.63, 3.8) is 0 Å². The fourth-order valence-corrected chi connectivity index (χ4v) is 4.98. The highest BCUT2D eigenvalue weighted by Gasteiger charge is 2.58. The van der Waals surface area contributed by atoms with Gasteiger partial charge in [-0.1, -0.05) is 38.1 Å². The largest absolute Gasteiger partial charge is 0.465 e. The van der Waals surface area contributed by atoms with Gasteiger partial charge in [0.2, 0.25) is 0 Å². The molecule has 2 aromatic rings. The van der Waals surface area contributed by atoms with Crippen molar-refractivity contribution in [2.24, 2.45) is 0 Å². The van der Waals surface area contributed by atoms with Crippen LogP contribution in [0.1, 0.15) is 45.1 Å². The summed E-state index contributed by atoms with van der Waals surface area (Å²) >= 11 is 0. The van der Waals surface area contributed by atoms with Crippen LogP contribution < -0.4 is 0 Å². The van der Waals surface area contributed by atoms with Gasteiger partial charge in [0.25, 0.3) is 0 Å². The lowest BCUT2D eigenvalue weighted by Gasteiger charge is -2.38. The van der Waals surface area contributed by atoms with Crippen LogP contribution in [0.25, 0.3) is 10.9 Å². The number of aromatic nitrogens is 1. The third-order valence-electron chi connectivity index (χ3n) is 4.71. The van der Waals surface area contributed by atoms with E-state index in [1.54, 1.807) is 32.2 Å². The van der Waals surface area contributed by atoms with E-state index in [0.717, 1.165) is 5.39 Å². The molecule has 2 rings (SSSR count). The minimum absolute atomic E-state index is 0.0299. The van der Waals surface area contributed by atoms with Crippen molar-refractivity contribution in [1.29, 1.82) is 0 Å². The molecule has 0 bridgehead atoms. The second-order valence-electron chi connectivity index (χ2n) is 5.93. The maximum Gasteiger partial charge on any atom is 0.343 e. The van der Waals surface area contributed by atoms with E-state index in [0.29, 0.717) is 17.5 Å². The fraction of sp³-hybridized carbons (Fsp3) is 0.444. The molecule has 2 atom stereocenters. The molecule has 1 aromatic heterocycles. The molecule has 0 saturated heterocycles. The second kappa shape index (κ2) is 7.65. The molecule has 1 heterocycles. The zero-order chi connectivity index (χ0) is 18.7. The summed E-state index contributed by atoms with van der Waals surface area (Å²) in [5, 5.41) is -1.07. The Bertz CT molecular complexity index is 798. The van der Waals surface area contributed by atoms with Crippen LogP contribution in [-0.4, -0.2) is 32.5 Å². The average molecular weight is 365 g/mol. The summed E-state index contributed by atoms with van der Waals surface area (Å²) in [5.41, 5.74) is 1.30. The molecule has 0 spiro atoms. The van der Waals surface area contributed by atoms with Crippen molar-refractivity contribution in [3.8, 4) is 0 Å². The highest BCUT2D eigenvalue weighted by atomic mass is 31.2. The van der Waals surface area contributed by atoms with Gasteiger partial charge in [-0.15, -0.1) is 0 Å². The van der Waals surface area contributed by atoms with Gasteiger partial charge < -0.3 is 14.5 Å². The van der Waals surface area contributed by atoms with Crippen molar-refractivity contribution in [2.75, 3.05) is 6.61 Å². The van der Waals surface area contributed by atoms with E-state index < -0.39 is 24.6 Å². The number of pyridine rings is 1. The molecular formula is C18H24NO5P. The zero-order valence-electron chi connectivity index (χ0n) is 14.7. The third-order valence-corrected chi connectivity index (χ3v) is 6.56. The number of hydrogen-bond acceptors (Lipinski definition) is 4. The predicted octanol–water partition coefficient (Wildman–Crippen LogP) is 3.62. The van der Waals surface area contributed by atoms with Crippen LogP contribution >= 0.6 is 7.60 Å². The van der Waals surface area contributed by atoms with Gasteiger partial charge in [0.15, 0.2) is 5.16 Å². The maximum atomic E-state index is 12.7. The number of esters is 1. The van der Waals surface area contributed by atoms with Crippen molar-refractivity contribution >= 4 is 24.5 Å². The molecule has 7 heteroatoms. The molecular weight excluding hydrogens is 341 g/mol. The fourth-order valence-electron chi connectivity index (χ4n) is 3.54. The monoisotopic (exact) mass is 365 g/mol. The van der Waals surface area contributed by atoms with Crippen LogP contribution in [-0.2, 0) is 14.1 Å². The third kappa shape index (κ3) is 3.34. The second-order valence-corrected chi connectivity index (χ2v) is 7.81. The van der Waals surface area contributed by atoms with Crippen LogP contribution in [0.2, 0.25) is 0 Å². The molecule has 2 N–H and O–H groups in total. The maximum absolute atomic E-state index is 12.7. The Labute approximate surface area is 147 Å². The summed E-state index contributed by atoms with van der Waals surface area (Å²) in [7, 11) is -4.81. The number of carbonyl (C=O) groups excluding carboxylic acids is 1. The minimum Gasteiger partial charge on any atom is -0.465 e. The molecule has 0 saturated carbocycles. The molecule has 25 heavy (non-hydrogen) atoms. The first-order valence-electron chi connectivity index (χ1n) is 8.39. The molecule has 0 amide bonds. The molecule has 0 aliphatic heterocycles. The first-order chi connectivity index (χ1) is 11.8. The Kier molecular flexibility index (Phi) is 5.99. The number of hydrogen-bond donors (Lipinski definition) is 2. The van der Waals surface area contributed by atoms with Crippen molar-refractivity contribution in [3.05, 3.63) is 42.1 Å². The predicted molar refractivity (Wildman–Crippen MR) is 96.5 cm³/mol. The normalized spacial score (nSPS) is 15.6. The van der Waals surface area contributed by atoms with E-state index in [4.69, 9.17) is 4.74 Å². The Morgan fingerprint density at radius 1 is 1.24 bits per heavy atom. The number of carbonyl (C=O) groups is 1. The summed E-state index contributed by atoms with van der Waals surface area (Å²) in [6.07, 6.45) is 1.97. The molecule has 1 aromatic carbocycles. The van der Waals surface area contributed by atoms with Gasteiger partial charge in [0.1, 0.15) is 0 Å². The minimum atomic E-state index is -4.81. The van der Waals surface area contributed by atoms with Crippen molar-refractivity contribution < 1.29 is 23.9 Å². The highest BCUT2D eigenvalue weighted by molar-refractivity contribution is 7.54. The standard InChI is InChI=1S/C18H24NO5P/c1-4-15(14-11-7-9-13-10-8-12-19-16(13)14)18(5-2,25(21,22)23)17(20)24-6-3/h7-12,15H,4-6H2,1-3H3,(H2,21,22,23). The molecule has 0 fully saturated rings. The molecule has 0 aliphatic carbocycles. The number of ether oxygens (including phenoxy) is 1. The Morgan fingerprint density at radius 2 is 1.92 bits per heavy atom. The van der Waals surface area contributed by atoms with Crippen LogP contribution in [0, 0.1) is 0 Å². The van der Waals surface area contributed by atoms with Crippen LogP contribution in [0.4, 0.5) is 0 Å². The number of para-hydroxylation sites is 1. The van der Waals surface area contributed by atoms with E-state index in [-0.39, 0.29) is 13.0 Å². The van der Waals surface area contributed by atoms with Gasteiger partial charge in [0.05, 0.1) is 12.1 Å². The molecule has 0 radical (unpaired) electrons. The number of rotatable bonds is 7. The van der Waals surface area contributed by atoms with Gasteiger partial charge in [-0.2, -0.15) is 0 Å². The lowest BCUT2D eigenvalue weighted by atomic mass is 9.80. The highest BCUT2D eigenvalue weighted by Crippen LogP contribution is 2.61. The Balaban J connectivity index is 2.76. The smallest absolute Gasteiger partial charge is 0.343 e. The lowest BCUT2D eigenvalue weighted by molar-refractivity contribution is -0.148. The first kappa shape index (κ1) is 19.6. The quantitative estimate of drug-likeness (QED) is 0.575. The number of benzene rings is 1. The Morgan fingerprint density at radius 3 is 2.48 bits per heavy atom. The number of nitrogens with zero attached hydrogens (tertiary/aromatic N) is 1. The summed E-state index contributed by atoms with van der Waals surface area (Å²) in [6, 6.07) is 9.16. The van der Waals surface area contributed by atoms with Crippen LogP contribution in [0.15, 0.2) is 36.5 Å². The molecule has 0 aliphatic rings. The summed E-state index contributed by atoms with van der Waals surface area (Å²) in [6.45, 7) is 5.10. The van der Waals surface area contributed by atoms with Crippen LogP contribution in [0.3, 0.4) is 0 Å². The van der Waals surface area contributed by atoms with Gasteiger partial charge in [0, 0.05) is 17.5 Å². The van der Waals surface area contributed by atoms with E-state index >= 15 is 0 Å². The Hall–Kier alpha value is -1.75. The summed E-state index contributed by atoms with van der Waals surface area (Å²) in [4.78, 5) is 37.4. The molecule has 6 nitrogen and oxygen atoms in total. The van der Waals surface area contributed by atoms with Crippen molar-refractivity contribution in [1.82, 2.24) is 4.98 Å². The average Bonchev–Trinajstić information content (AvgIpc) is 2.58. The van der Waals surface area contributed by atoms with E-state index in [9.17, 15) is 19.1 Å². The lowest BCUT2D eigenvalue weighted by Crippen LogP contribution is -2.45. The summed E-state index contributed by atoms with van der Waals surface area (Å²) < 4.78 is 17.6. The molecule has 2 unspecified atom stereocenters. The first-order valence-corrected chi connectivity index (χ1v) is 10.0. The van der Waals surface area contributed by atoms with Gasteiger partial charge >= 0.3 is 13.6 Å². The number of fused-ring (bicyclic) bond motifs is 1. The SMILES string of the molecule is CCOC(=O)C(CC)(C(CC)c1cccc2cccnc12)P(=O)(O)O. The zero-order valence-corrected chi connectivity index (χ0v) is 15.6. The summed E-state index contributed by atoms with van der Waals surface area (Å²) in [5.74, 6) is -1.57. The van der Waals surface area contributed by atoms with Crippen molar-refractivity contribution in [2.45, 2.75) is 44.7 Å². The van der Waals surface area contributed by atoms with Gasteiger partial charge in [-0.05, 0) is 31.4 Å². The van der Waals surface area contributed by atoms with Crippen LogP contribution in [0.5, 0.6) is 0 Å². The van der Waals surface area contributed by atoms with Gasteiger partial charge in [-0.25, -0.2) is 0 Å². The van der Waals surface area contributed by atoms with E-state index in [2.05, 4.69) is 4.98 Å². The molecule has 136 valence electrons. The topological polar surface area (TPSA) is 96.7 Å².